The second-order valence-electron chi connectivity index (χ2n) is 3.69. The summed E-state index contributed by atoms with van der Waals surface area (Å²) in [5, 5.41) is 5.92. The molecule has 0 spiro atoms. The number of nitrogens with one attached hydrogen (secondary N) is 2. The number of aromatic nitrogens is 3. The standard InChI is InChI=1S/C9H16ClN5O2S/c1-3-11-8-13-7(10)14-9(15-8)12-5-4-6-18(2,16)17/h3-6H2,1-2H3,(H2,11,12,13,14,15). The van der Waals surface area contributed by atoms with Gasteiger partial charge in [0.05, 0.1) is 5.75 Å². The zero-order chi connectivity index (χ0) is 13.6. The Bertz CT molecular complexity index is 494. The van der Waals surface area contributed by atoms with Crippen molar-refractivity contribution in [1.29, 1.82) is 0 Å². The molecule has 7 nitrogen and oxygen atoms in total. The molecule has 0 aromatic carbocycles. The van der Waals surface area contributed by atoms with Gasteiger partial charge in [-0.15, -0.1) is 0 Å². The number of nitrogens with zero attached hydrogens (tertiary/aromatic N) is 3. The molecule has 0 aliphatic heterocycles. The van der Waals surface area contributed by atoms with Crippen LogP contribution in [0.1, 0.15) is 13.3 Å². The van der Waals surface area contributed by atoms with Crippen molar-refractivity contribution in [2.75, 3.05) is 35.7 Å². The van der Waals surface area contributed by atoms with Crippen LogP contribution in [0.4, 0.5) is 11.9 Å². The van der Waals surface area contributed by atoms with Gasteiger partial charge in [0.1, 0.15) is 9.84 Å². The summed E-state index contributed by atoms with van der Waals surface area (Å²) < 4.78 is 21.9. The van der Waals surface area contributed by atoms with Crippen molar-refractivity contribution in [3.63, 3.8) is 0 Å². The second kappa shape index (κ2) is 6.69. The average Bonchev–Trinajstić information content (AvgIpc) is 2.23. The highest BCUT2D eigenvalue weighted by Crippen LogP contribution is 2.09. The Morgan fingerprint density at radius 2 is 1.78 bits per heavy atom. The first-order chi connectivity index (χ1) is 8.40. The van der Waals surface area contributed by atoms with Crippen LogP contribution in [0.25, 0.3) is 0 Å². The molecule has 1 heterocycles. The Kier molecular flexibility index (Phi) is 5.54. The number of rotatable bonds is 7. The molecule has 0 aliphatic rings. The van der Waals surface area contributed by atoms with E-state index in [9.17, 15) is 8.42 Å². The van der Waals surface area contributed by atoms with Gasteiger partial charge in [-0.3, -0.25) is 0 Å². The van der Waals surface area contributed by atoms with Gasteiger partial charge in [0.15, 0.2) is 0 Å². The van der Waals surface area contributed by atoms with Crippen LogP contribution in [0.5, 0.6) is 0 Å². The van der Waals surface area contributed by atoms with E-state index in [1.165, 1.54) is 6.26 Å². The molecular formula is C9H16ClN5O2S. The van der Waals surface area contributed by atoms with E-state index in [1.807, 2.05) is 6.92 Å². The van der Waals surface area contributed by atoms with Gasteiger partial charge in [0.25, 0.3) is 0 Å². The van der Waals surface area contributed by atoms with E-state index in [1.54, 1.807) is 0 Å². The van der Waals surface area contributed by atoms with Gasteiger partial charge in [-0.25, -0.2) is 8.42 Å². The van der Waals surface area contributed by atoms with Crippen LogP contribution in [0.3, 0.4) is 0 Å². The maximum absolute atomic E-state index is 10.9. The van der Waals surface area contributed by atoms with E-state index in [2.05, 4.69) is 25.6 Å². The van der Waals surface area contributed by atoms with Crippen LogP contribution in [-0.4, -0.2) is 48.5 Å². The van der Waals surface area contributed by atoms with E-state index in [-0.39, 0.29) is 11.0 Å². The Morgan fingerprint density at radius 3 is 2.33 bits per heavy atom. The summed E-state index contributed by atoms with van der Waals surface area (Å²) in [6.45, 7) is 3.05. The Hall–Kier alpha value is -1.15. The van der Waals surface area contributed by atoms with Crippen LogP contribution in [-0.2, 0) is 9.84 Å². The van der Waals surface area contributed by atoms with Gasteiger partial charge in [0, 0.05) is 19.3 Å². The molecule has 1 aromatic rings. The van der Waals surface area contributed by atoms with Crippen LogP contribution in [0, 0.1) is 0 Å². The first kappa shape index (κ1) is 14.9. The fraction of sp³-hybridized carbons (Fsp3) is 0.667. The van der Waals surface area contributed by atoms with Crippen molar-refractivity contribution in [3.8, 4) is 0 Å². The monoisotopic (exact) mass is 293 g/mol. The minimum Gasteiger partial charge on any atom is -0.354 e. The smallest absolute Gasteiger partial charge is 0.228 e. The predicted molar refractivity (Wildman–Crippen MR) is 71.8 cm³/mol. The maximum Gasteiger partial charge on any atom is 0.228 e. The molecule has 0 saturated carbocycles. The lowest BCUT2D eigenvalue weighted by Gasteiger charge is -2.06. The maximum atomic E-state index is 10.9. The van der Waals surface area contributed by atoms with E-state index in [0.29, 0.717) is 31.4 Å². The van der Waals surface area contributed by atoms with Crippen LogP contribution in [0.2, 0.25) is 5.28 Å². The molecule has 1 rings (SSSR count). The number of hydrogen-bond donors (Lipinski definition) is 2. The molecule has 0 radical (unpaired) electrons. The summed E-state index contributed by atoms with van der Waals surface area (Å²) >= 11 is 5.73. The number of halogens is 1. The van der Waals surface area contributed by atoms with Crippen molar-refractivity contribution in [2.45, 2.75) is 13.3 Å². The number of sulfone groups is 1. The normalized spacial score (nSPS) is 11.3. The highest BCUT2D eigenvalue weighted by atomic mass is 35.5. The first-order valence-corrected chi connectivity index (χ1v) is 7.91. The largest absolute Gasteiger partial charge is 0.354 e. The van der Waals surface area contributed by atoms with Crippen molar-refractivity contribution in [1.82, 2.24) is 15.0 Å². The number of hydrogen-bond acceptors (Lipinski definition) is 7. The summed E-state index contributed by atoms with van der Waals surface area (Å²) in [5.74, 6) is 0.848. The van der Waals surface area contributed by atoms with E-state index in [0.717, 1.165) is 0 Å². The van der Waals surface area contributed by atoms with Gasteiger partial charge in [-0.05, 0) is 24.9 Å². The van der Waals surface area contributed by atoms with Crippen LogP contribution < -0.4 is 10.6 Å². The molecule has 18 heavy (non-hydrogen) atoms. The Morgan fingerprint density at radius 1 is 1.17 bits per heavy atom. The van der Waals surface area contributed by atoms with E-state index >= 15 is 0 Å². The Balaban J connectivity index is 2.51. The summed E-state index contributed by atoms with van der Waals surface area (Å²) in [6, 6.07) is 0. The van der Waals surface area contributed by atoms with Gasteiger partial charge >= 0.3 is 0 Å². The summed E-state index contributed by atoms with van der Waals surface area (Å²) in [6.07, 6.45) is 1.69. The quantitative estimate of drug-likeness (QED) is 0.718. The van der Waals surface area contributed by atoms with Crippen molar-refractivity contribution in [2.24, 2.45) is 0 Å². The molecule has 0 unspecified atom stereocenters. The average molecular weight is 294 g/mol. The second-order valence-corrected chi connectivity index (χ2v) is 6.29. The molecule has 0 atom stereocenters. The highest BCUT2D eigenvalue weighted by molar-refractivity contribution is 7.90. The fourth-order valence-electron chi connectivity index (χ4n) is 1.20. The van der Waals surface area contributed by atoms with Gasteiger partial charge in [-0.1, -0.05) is 0 Å². The predicted octanol–water partition coefficient (Wildman–Crippen LogP) is 0.803. The molecular weight excluding hydrogens is 278 g/mol. The highest BCUT2D eigenvalue weighted by Gasteiger charge is 2.05. The van der Waals surface area contributed by atoms with E-state index in [4.69, 9.17) is 11.6 Å². The molecule has 0 bridgehead atoms. The Labute approximate surface area is 111 Å². The third-order valence-corrected chi connectivity index (χ3v) is 3.12. The fourth-order valence-corrected chi connectivity index (χ4v) is 2.03. The molecule has 0 aliphatic carbocycles. The zero-order valence-corrected chi connectivity index (χ0v) is 11.8. The van der Waals surface area contributed by atoms with Crippen molar-refractivity contribution < 1.29 is 8.42 Å². The molecule has 1 aromatic heterocycles. The minimum atomic E-state index is -2.94. The summed E-state index contributed by atoms with van der Waals surface area (Å²) in [4.78, 5) is 11.9. The van der Waals surface area contributed by atoms with Gasteiger partial charge in [-0.2, -0.15) is 15.0 Å². The lowest BCUT2D eigenvalue weighted by Crippen LogP contribution is -2.13. The molecule has 2 N–H and O–H groups in total. The zero-order valence-electron chi connectivity index (χ0n) is 10.3. The molecule has 9 heteroatoms. The lowest BCUT2D eigenvalue weighted by atomic mass is 10.5. The van der Waals surface area contributed by atoms with E-state index < -0.39 is 9.84 Å². The first-order valence-electron chi connectivity index (χ1n) is 5.48. The van der Waals surface area contributed by atoms with Gasteiger partial charge in [0.2, 0.25) is 17.2 Å². The minimum absolute atomic E-state index is 0.0894. The summed E-state index contributed by atoms with van der Waals surface area (Å²) in [7, 11) is -2.94. The number of anilines is 2. The molecule has 0 fully saturated rings. The van der Waals surface area contributed by atoms with Gasteiger partial charge < -0.3 is 10.6 Å². The molecule has 102 valence electrons. The third-order valence-electron chi connectivity index (χ3n) is 1.92. The third kappa shape index (κ3) is 5.97. The lowest BCUT2D eigenvalue weighted by molar-refractivity contribution is 0.600. The topological polar surface area (TPSA) is 96.9 Å². The summed E-state index contributed by atoms with van der Waals surface area (Å²) in [5.41, 5.74) is 0. The van der Waals surface area contributed by atoms with Crippen LogP contribution in [0.15, 0.2) is 0 Å². The SMILES string of the molecule is CCNc1nc(Cl)nc(NCCCS(C)(=O)=O)n1. The molecule has 0 saturated heterocycles. The van der Waals surface area contributed by atoms with Crippen LogP contribution >= 0.6 is 11.6 Å². The van der Waals surface area contributed by atoms with Crippen molar-refractivity contribution >= 4 is 33.3 Å². The molecule has 0 amide bonds. The van der Waals surface area contributed by atoms with Crippen molar-refractivity contribution in [3.05, 3.63) is 5.28 Å².